The van der Waals surface area contributed by atoms with Gasteiger partial charge in [0.25, 0.3) is 0 Å². The molecule has 16 heavy (non-hydrogen) atoms. The number of carboxylic acids is 1. The topological polar surface area (TPSA) is 80.7 Å². The zero-order valence-corrected chi connectivity index (χ0v) is 8.07. The fraction of sp³-hybridized carbons (Fsp3) is 0.750. The summed E-state index contributed by atoms with van der Waals surface area (Å²) < 4.78 is 87.6. The molecule has 0 aromatic rings. The normalized spacial score (nSPS) is 12.7. The van der Waals surface area contributed by atoms with E-state index in [9.17, 15) is 34.8 Å². The summed E-state index contributed by atoms with van der Waals surface area (Å²) in [5, 5.41) is 7.12. The lowest BCUT2D eigenvalue weighted by atomic mass is 10.7. The Balaban J connectivity index is 0. The summed E-state index contributed by atoms with van der Waals surface area (Å²) in [4.78, 5) is 8.90. The number of alkyl halides is 6. The van der Waals surface area contributed by atoms with Crippen LogP contribution in [-0.4, -0.2) is 38.3 Å². The fourth-order valence-electron chi connectivity index (χ4n) is 0.0945. The fourth-order valence-corrected chi connectivity index (χ4v) is 0.283. The van der Waals surface area contributed by atoms with Gasteiger partial charge in [0, 0.05) is 0 Å². The van der Waals surface area contributed by atoms with Crippen LogP contribution in [0.25, 0.3) is 0 Å². The number of hydrogen-bond acceptors (Lipinski definition) is 4. The molecule has 0 aliphatic heterocycles. The molecule has 0 saturated heterocycles. The highest BCUT2D eigenvalue weighted by atomic mass is 32.2. The molecule has 0 heterocycles. The molecule has 0 saturated carbocycles. The van der Waals surface area contributed by atoms with Gasteiger partial charge in [-0.2, -0.15) is 34.8 Å². The van der Waals surface area contributed by atoms with E-state index in [4.69, 9.17) is 9.90 Å². The van der Waals surface area contributed by atoms with E-state index in [1.165, 1.54) is 0 Å². The Morgan fingerprint density at radius 1 is 1.12 bits per heavy atom. The van der Waals surface area contributed by atoms with Gasteiger partial charge in [-0.1, -0.05) is 0 Å². The molecule has 0 amide bonds. The number of carbonyl (C=O) groups is 1. The van der Waals surface area contributed by atoms with Crippen molar-refractivity contribution in [1.82, 2.24) is 0 Å². The van der Waals surface area contributed by atoms with Crippen LogP contribution < -0.4 is 0 Å². The highest BCUT2D eigenvalue weighted by Crippen LogP contribution is 2.23. The summed E-state index contributed by atoms with van der Waals surface area (Å²) in [6.07, 6.45) is -5.08. The maximum absolute atomic E-state index is 11.1. The molecule has 0 fully saturated rings. The van der Waals surface area contributed by atoms with Crippen LogP contribution in [0.1, 0.15) is 0 Å². The summed E-state index contributed by atoms with van der Waals surface area (Å²) in [5.41, 5.74) is -5.30. The van der Waals surface area contributed by atoms with Crippen molar-refractivity contribution in [2.75, 3.05) is 7.11 Å². The first-order valence-corrected chi connectivity index (χ1v) is 4.33. The molecule has 98 valence electrons. The average molecular weight is 278 g/mol. The Hall–Kier alpha value is -1.04. The van der Waals surface area contributed by atoms with E-state index in [0.717, 1.165) is 0 Å². The van der Waals surface area contributed by atoms with Crippen molar-refractivity contribution < 1.29 is 48.8 Å². The largest absolute Gasteiger partial charge is 0.523 e. The van der Waals surface area contributed by atoms with Crippen molar-refractivity contribution in [2.45, 2.75) is 11.7 Å². The Bertz CT molecular complexity index is 326. The molecule has 0 spiro atoms. The number of rotatable bonds is 1. The van der Waals surface area contributed by atoms with Crippen molar-refractivity contribution in [2.24, 2.45) is 0 Å². The SMILES string of the molecule is COS(=O)(=O)C(F)(F)F.O=C(O)C(F)(F)F. The molecule has 0 atom stereocenters. The van der Waals surface area contributed by atoms with Crippen LogP contribution in [-0.2, 0) is 19.1 Å². The monoisotopic (exact) mass is 278 g/mol. The van der Waals surface area contributed by atoms with Crippen molar-refractivity contribution in [3.8, 4) is 0 Å². The molecule has 0 rings (SSSR count). The molecule has 0 aromatic heterocycles. The van der Waals surface area contributed by atoms with Crippen LogP contribution in [0.3, 0.4) is 0 Å². The van der Waals surface area contributed by atoms with Gasteiger partial charge < -0.3 is 5.11 Å². The zero-order chi connectivity index (χ0) is 13.8. The van der Waals surface area contributed by atoms with E-state index in [1.807, 2.05) is 0 Å². The van der Waals surface area contributed by atoms with E-state index < -0.39 is 27.8 Å². The molecule has 12 heteroatoms. The lowest BCUT2D eigenvalue weighted by molar-refractivity contribution is -0.192. The first-order valence-electron chi connectivity index (χ1n) is 2.92. The summed E-state index contributed by atoms with van der Waals surface area (Å²) >= 11 is 0. The molecule has 0 radical (unpaired) electrons. The van der Waals surface area contributed by atoms with Gasteiger partial charge in [-0.15, -0.1) is 0 Å². The summed E-state index contributed by atoms with van der Waals surface area (Å²) in [6, 6.07) is 0. The van der Waals surface area contributed by atoms with Crippen LogP contribution in [0.2, 0.25) is 0 Å². The minimum atomic E-state index is -5.34. The van der Waals surface area contributed by atoms with Gasteiger partial charge in [-0.3, -0.25) is 4.18 Å². The summed E-state index contributed by atoms with van der Waals surface area (Å²) in [5.74, 6) is -2.76. The second kappa shape index (κ2) is 5.34. The Morgan fingerprint density at radius 3 is 1.38 bits per heavy atom. The third-order valence-electron chi connectivity index (χ3n) is 0.745. The van der Waals surface area contributed by atoms with E-state index in [-0.39, 0.29) is 0 Å². The highest BCUT2D eigenvalue weighted by Gasteiger charge is 2.46. The third kappa shape index (κ3) is 6.44. The van der Waals surface area contributed by atoms with Crippen molar-refractivity contribution in [1.29, 1.82) is 0 Å². The maximum atomic E-state index is 11.1. The lowest BCUT2D eigenvalue weighted by Gasteiger charge is -2.02. The van der Waals surface area contributed by atoms with Gasteiger partial charge in [-0.05, 0) is 0 Å². The molecular weight excluding hydrogens is 274 g/mol. The second-order valence-electron chi connectivity index (χ2n) is 1.87. The summed E-state index contributed by atoms with van der Waals surface area (Å²) in [6.45, 7) is 0. The maximum Gasteiger partial charge on any atom is 0.523 e. The molecule has 0 unspecified atom stereocenters. The van der Waals surface area contributed by atoms with Gasteiger partial charge in [0.2, 0.25) is 0 Å². The standard InChI is InChI=1S/C2H3F3O3S.C2HF3O2/c1-8-9(6,7)2(3,4)5;3-2(4,5)1(6)7/h1H3;(H,6,7). The smallest absolute Gasteiger partial charge is 0.475 e. The molecular formula is C4H4F6O5S. The van der Waals surface area contributed by atoms with Crippen LogP contribution in [0, 0.1) is 0 Å². The number of carboxylic acid groups (broad SMARTS) is 1. The average Bonchev–Trinajstić information content (AvgIpc) is 2.01. The molecule has 1 N–H and O–H groups in total. The Kier molecular flexibility index (Phi) is 5.79. The van der Waals surface area contributed by atoms with Crippen LogP contribution >= 0.6 is 0 Å². The minimum absolute atomic E-state index is 0.447. The molecule has 0 aliphatic carbocycles. The first kappa shape index (κ1) is 17.4. The second-order valence-corrected chi connectivity index (χ2v) is 3.57. The van der Waals surface area contributed by atoms with E-state index >= 15 is 0 Å². The Labute approximate surface area is 84.7 Å². The third-order valence-corrected chi connectivity index (χ3v) is 1.75. The quantitative estimate of drug-likeness (QED) is 0.441. The predicted molar refractivity (Wildman–Crippen MR) is 35.7 cm³/mol. The molecule has 0 aromatic carbocycles. The van der Waals surface area contributed by atoms with Gasteiger partial charge in [0.1, 0.15) is 0 Å². The Morgan fingerprint density at radius 2 is 1.38 bits per heavy atom. The van der Waals surface area contributed by atoms with Gasteiger partial charge >= 0.3 is 27.8 Å². The molecule has 5 nitrogen and oxygen atoms in total. The van der Waals surface area contributed by atoms with Gasteiger partial charge in [0.05, 0.1) is 7.11 Å². The lowest BCUT2D eigenvalue weighted by Crippen LogP contribution is -2.23. The van der Waals surface area contributed by atoms with Gasteiger partial charge in [0.15, 0.2) is 0 Å². The minimum Gasteiger partial charge on any atom is -0.475 e. The molecule has 0 aliphatic rings. The van der Waals surface area contributed by atoms with Crippen molar-refractivity contribution in [3.63, 3.8) is 0 Å². The van der Waals surface area contributed by atoms with E-state index in [0.29, 0.717) is 7.11 Å². The molecule has 0 bridgehead atoms. The van der Waals surface area contributed by atoms with Crippen LogP contribution in [0.15, 0.2) is 0 Å². The van der Waals surface area contributed by atoms with Crippen LogP contribution in [0.5, 0.6) is 0 Å². The predicted octanol–water partition coefficient (Wildman–Crippen LogP) is 1.12. The highest BCUT2D eigenvalue weighted by molar-refractivity contribution is 7.87. The number of halogens is 6. The zero-order valence-electron chi connectivity index (χ0n) is 7.26. The number of hydrogen-bond donors (Lipinski definition) is 1. The van der Waals surface area contributed by atoms with Crippen LogP contribution in [0.4, 0.5) is 26.3 Å². The van der Waals surface area contributed by atoms with Gasteiger partial charge in [-0.25, -0.2) is 4.79 Å². The summed E-state index contributed by atoms with van der Waals surface area (Å²) in [7, 11) is -4.89. The van der Waals surface area contributed by atoms with E-state index in [2.05, 4.69) is 4.18 Å². The van der Waals surface area contributed by atoms with Crippen molar-refractivity contribution >= 4 is 16.1 Å². The van der Waals surface area contributed by atoms with Crippen molar-refractivity contribution in [3.05, 3.63) is 0 Å². The van der Waals surface area contributed by atoms with E-state index in [1.54, 1.807) is 0 Å². The number of aliphatic carboxylic acids is 1. The first-order chi connectivity index (χ1) is 6.75.